The minimum Gasteiger partial charge on any atom is -0.456 e. The molecule has 0 spiro atoms. The SMILES string of the molecule is CC1(C)c2ccccc2-c2cc(-c3ccc4c(c3)c3ccccc3n4-c3cc(-c4ccc5c(c4)oc4cc(-c6ccccc6)ccc45)c4c(c3)oc3ccccc34)ccc21. The monoisotopic (exact) mass is 767 g/mol. The molecule has 0 atom stereocenters. The maximum atomic E-state index is 6.68. The molecule has 0 N–H and O–H groups in total. The first kappa shape index (κ1) is 33.4. The summed E-state index contributed by atoms with van der Waals surface area (Å²) >= 11 is 0. The van der Waals surface area contributed by atoms with Crippen LogP contribution in [0.1, 0.15) is 25.0 Å². The van der Waals surface area contributed by atoms with Gasteiger partial charge in [0, 0.05) is 43.8 Å². The summed E-state index contributed by atoms with van der Waals surface area (Å²) in [6.45, 7) is 4.68. The Kier molecular flexibility index (Phi) is 6.78. The zero-order chi connectivity index (χ0) is 39.7. The van der Waals surface area contributed by atoms with E-state index in [4.69, 9.17) is 8.83 Å². The fraction of sp³-hybridized carbons (Fsp3) is 0.0526. The van der Waals surface area contributed by atoms with Gasteiger partial charge in [0.25, 0.3) is 0 Å². The van der Waals surface area contributed by atoms with Crippen LogP contribution < -0.4 is 0 Å². The van der Waals surface area contributed by atoms with Gasteiger partial charge in [-0.1, -0.05) is 135 Å². The van der Waals surface area contributed by atoms with Crippen LogP contribution in [0, 0.1) is 0 Å². The average molecular weight is 768 g/mol. The number of rotatable bonds is 4. The molecule has 3 heteroatoms. The smallest absolute Gasteiger partial charge is 0.138 e. The van der Waals surface area contributed by atoms with Gasteiger partial charge in [0.15, 0.2) is 0 Å². The van der Waals surface area contributed by atoms with Gasteiger partial charge in [-0.15, -0.1) is 0 Å². The molecular weight excluding hydrogens is 731 g/mol. The summed E-state index contributed by atoms with van der Waals surface area (Å²) in [4.78, 5) is 0. The molecule has 282 valence electrons. The number of para-hydroxylation sites is 2. The highest BCUT2D eigenvalue weighted by atomic mass is 16.3. The standard InChI is InChI=1S/C57H37NO2/c1-57(2)48-17-9-6-14-40(48)46-28-35(22-26-49(46)57)36-23-27-51-47(29-36)41-15-7-10-18-50(41)58(51)39-32-45(56-44-16-8-11-19-52(44)59-55(56)33-39)38-21-25-43-42-24-20-37(34-12-4-3-5-13-34)30-53(42)60-54(43)31-38/h3-33H,1-2H3. The van der Waals surface area contributed by atoms with Crippen molar-refractivity contribution in [2.45, 2.75) is 19.3 Å². The Balaban J connectivity index is 0.994. The van der Waals surface area contributed by atoms with E-state index in [0.717, 1.165) is 77.3 Å². The molecule has 3 aromatic heterocycles. The summed E-state index contributed by atoms with van der Waals surface area (Å²) < 4.78 is 15.7. The summed E-state index contributed by atoms with van der Waals surface area (Å²) in [5.41, 5.74) is 19.2. The topological polar surface area (TPSA) is 31.2 Å². The minimum absolute atomic E-state index is 0.0218. The first-order valence-corrected chi connectivity index (χ1v) is 20.7. The molecule has 1 aliphatic carbocycles. The normalized spacial score (nSPS) is 13.3. The lowest BCUT2D eigenvalue weighted by Gasteiger charge is -2.21. The van der Waals surface area contributed by atoms with Crippen LogP contribution in [0.15, 0.2) is 197 Å². The van der Waals surface area contributed by atoms with Crippen LogP contribution in [0.25, 0.3) is 116 Å². The molecule has 9 aromatic carbocycles. The van der Waals surface area contributed by atoms with Gasteiger partial charge in [-0.05, 0) is 116 Å². The van der Waals surface area contributed by atoms with Crippen molar-refractivity contribution >= 4 is 65.7 Å². The molecule has 0 aliphatic heterocycles. The Bertz CT molecular complexity index is 3740. The van der Waals surface area contributed by atoms with Crippen molar-refractivity contribution in [2.75, 3.05) is 0 Å². The number of benzene rings is 9. The molecule has 13 rings (SSSR count). The number of hydrogen-bond donors (Lipinski definition) is 0. The van der Waals surface area contributed by atoms with Crippen molar-refractivity contribution in [3.05, 3.63) is 199 Å². The fourth-order valence-electron chi connectivity index (χ4n) is 10.3. The van der Waals surface area contributed by atoms with E-state index < -0.39 is 0 Å². The van der Waals surface area contributed by atoms with Crippen LogP contribution in [0.5, 0.6) is 0 Å². The summed E-state index contributed by atoms with van der Waals surface area (Å²) in [7, 11) is 0. The van der Waals surface area contributed by atoms with Gasteiger partial charge < -0.3 is 13.4 Å². The molecule has 0 fully saturated rings. The molecule has 12 aromatic rings. The van der Waals surface area contributed by atoms with E-state index in [1.807, 2.05) is 12.1 Å². The second-order valence-electron chi connectivity index (χ2n) is 16.9. The lowest BCUT2D eigenvalue weighted by molar-refractivity contribution is 0.660. The van der Waals surface area contributed by atoms with Gasteiger partial charge in [0.05, 0.1) is 16.7 Å². The second-order valence-corrected chi connectivity index (χ2v) is 16.9. The molecule has 0 unspecified atom stereocenters. The maximum Gasteiger partial charge on any atom is 0.138 e. The first-order valence-electron chi connectivity index (χ1n) is 20.7. The molecule has 0 saturated heterocycles. The molecule has 0 radical (unpaired) electrons. The molecule has 0 amide bonds. The predicted octanol–water partition coefficient (Wildman–Crippen LogP) is 15.9. The van der Waals surface area contributed by atoms with Crippen LogP contribution in [0.4, 0.5) is 0 Å². The van der Waals surface area contributed by atoms with Gasteiger partial charge in [-0.3, -0.25) is 0 Å². The largest absolute Gasteiger partial charge is 0.456 e. The van der Waals surface area contributed by atoms with Crippen molar-refractivity contribution in [3.8, 4) is 50.2 Å². The van der Waals surface area contributed by atoms with Crippen molar-refractivity contribution in [2.24, 2.45) is 0 Å². The quantitative estimate of drug-likeness (QED) is 0.179. The first-order chi connectivity index (χ1) is 29.5. The van der Waals surface area contributed by atoms with Gasteiger partial charge in [-0.25, -0.2) is 0 Å². The van der Waals surface area contributed by atoms with Crippen molar-refractivity contribution < 1.29 is 8.83 Å². The van der Waals surface area contributed by atoms with E-state index in [9.17, 15) is 0 Å². The number of nitrogens with zero attached hydrogens (tertiary/aromatic N) is 1. The highest BCUT2D eigenvalue weighted by Gasteiger charge is 2.35. The van der Waals surface area contributed by atoms with E-state index in [2.05, 4.69) is 194 Å². The van der Waals surface area contributed by atoms with Crippen LogP contribution in [0.3, 0.4) is 0 Å². The third-order valence-corrected chi connectivity index (χ3v) is 13.2. The van der Waals surface area contributed by atoms with E-state index in [-0.39, 0.29) is 5.41 Å². The molecule has 0 saturated carbocycles. The fourth-order valence-corrected chi connectivity index (χ4v) is 10.3. The lowest BCUT2D eigenvalue weighted by atomic mass is 9.82. The van der Waals surface area contributed by atoms with Gasteiger partial charge in [-0.2, -0.15) is 0 Å². The Morgan fingerprint density at radius 3 is 1.83 bits per heavy atom. The van der Waals surface area contributed by atoms with Crippen molar-refractivity contribution in [3.63, 3.8) is 0 Å². The summed E-state index contributed by atoms with van der Waals surface area (Å²) in [6.07, 6.45) is 0. The molecule has 0 bridgehead atoms. The molecular formula is C57H37NO2. The van der Waals surface area contributed by atoms with Crippen LogP contribution in [-0.2, 0) is 5.41 Å². The average Bonchev–Trinajstić information content (AvgIpc) is 4.02. The van der Waals surface area contributed by atoms with Crippen LogP contribution >= 0.6 is 0 Å². The molecule has 3 nitrogen and oxygen atoms in total. The highest BCUT2D eigenvalue weighted by molar-refractivity contribution is 6.16. The third kappa shape index (κ3) is 4.72. The van der Waals surface area contributed by atoms with Crippen LogP contribution in [-0.4, -0.2) is 4.57 Å². The lowest BCUT2D eigenvalue weighted by Crippen LogP contribution is -2.14. The Morgan fingerprint density at radius 1 is 0.350 bits per heavy atom. The molecule has 3 heterocycles. The Hall–Kier alpha value is -7.62. The Labute approximate surface area is 346 Å². The predicted molar refractivity (Wildman–Crippen MR) is 249 cm³/mol. The number of hydrogen-bond acceptors (Lipinski definition) is 2. The van der Waals surface area contributed by atoms with E-state index in [1.165, 1.54) is 49.7 Å². The van der Waals surface area contributed by atoms with E-state index in [0.29, 0.717) is 0 Å². The number of fused-ring (bicyclic) bond motifs is 12. The zero-order valence-corrected chi connectivity index (χ0v) is 33.2. The molecule has 1 aliphatic rings. The summed E-state index contributed by atoms with van der Waals surface area (Å²) in [6, 6.07) is 68.2. The van der Waals surface area contributed by atoms with E-state index >= 15 is 0 Å². The highest BCUT2D eigenvalue weighted by Crippen LogP contribution is 2.50. The van der Waals surface area contributed by atoms with Crippen LogP contribution in [0.2, 0.25) is 0 Å². The summed E-state index contributed by atoms with van der Waals surface area (Å²) in [5.74, 6) is 0. The summed E-state index contributed by atoms with van der Waals surface area (Å²) in [5, 5.41) is 6.84. The third-order valence-electron chi connectivity index (χ3n) is 13.2. The molecule has 60 heavy (non-hydrogen) atoms. The Morgan fingerprint density at radius 2 is 0.967 bits per heavy atom. The van der Waals surface area contributed by atoms with E-state index in [1.54, 1.807) is 0 Å². The number of furan rings is 2. The van der Waals surface area contributed by atoms with Gasteiger partial charge in [0.2, 0.25) is 0 Å². The maximum absolute atomic E-state index is 6.68. The van der Waals surface area contributed by atoms with Gasteiger partial charge >= 0.3 is 0 Å². The second kappa shape index (κ2) is 12.2. The van der Waals surface area contributed by atoms with Gasteiger partial charge in [0.1, 0.15) is 22.3 Å². The van der Waals surface area contributed by atoms with Crippen molar-refractivity contribution in [1.29, 1.82) is 0 Å². The number of aromatic nitrogens is 1. The van der Waals surface area contributed by atoms with Crippen molar-refractivity contribution in [1.82, 2.24) is 4.57 Å². The zero-order valence-electron chi connectivity index (χ0n) is 33.2. The minimum atomic E-state index is -0.0218.